The highest BCUT2D eigenvalue weighted by Crippen LogP contribution is 2.23. The fourth-order valence-electron chi connectivity index (χ4n) is 1.08. The number of phenols is 1. The summed E-state index contributed by atoms with van der Waals surface area (Å²) in [4.78, 5) is 0.00634. The van der Waals surface area contributed by atoms with Gasteiger partial charge >= 0.3 is 0 Å². The second kappa shape index (κ2) is 3.38. The summed E-state index contributed by atoms with van der Waals surface area (Å²) in [5.41, 5.74) is 0.901. The molecule has 1 rings (SSSR count). The zero-order chi connectivity index (χ0) is 10.1. The van der Waals surface area contributed by atoms with Crippen molar-refractivity contribution in [1.82, 2.24) is 0 Å². The number of phenolic OH excluding ortho intramolecular Hbond substituents is 1. The van der Waals surface area contributed by atoms with Crippen LogP contribution in [0.5, 0.6) is 5.75 Å². The van der Waals surface area contributed by atoms with Crippen molar-refractivity contribution in [2.24, 2.45) is 0 Å². The van der Waals surface area contributed by atoms with Gasteiger partial charge in [-0.25, -0.2) is 8.42 Å². The number of aryl methyl sites for hydroxylation is 1. The van der Waals surface area contributed by atoms with E-state index in [0.29, 0.717) is 0 Å². The van der Waals surface area contributed by atoms with Gasteiger partial charge in [-0.05, 0) is 24.1 Å². The average molecular weight is 200 g/mol. The molecule has 1 N–H and O–H groups in total. The Kier molecular flexibility index (Phi) is 2.61. The molecule has 0 aliphatic heterocycles. The lowest BCUT2D eigenvalue weighted by Gasteiger charge is -2.03. The van der Waals surface area contributed by atoms with Gasteiger partial charge in [0, 0.05) is 6.26 Å². The van der Waals surface area contributed by atoms with Crippen molar-refractivity contribution >= 4 is 9.84 Å². The Bertz CT molecular complexity index is 407. The second-order valence-corrected chi connectivity index (χ2v) is 4.91. The van der Waals surface area contributed by atoms with Crippen molar-refractivity contribution in [3.63, 3.8) is 0 Å². The van der Waals surface area contributed by atoms with Gasteiger partial charge in [-0.15, -0.1) is 0 Å². The monoisotopic (exact) mass is 200 g/mol. The number of hydrogen-bond donors (Lipinski definition) is 1. The molecule has 0 atom stereocenters. The van der Waals surface area contributed by atoms with Crippen LogP contribution in [0.2, 0.25) is 0 Å². The van der Waals surface area contributed by atoms with Crippen LogP contribution < -0.4 is 0 Å². The third-order valence-electron chi connectivity index (χ3n) is 1.83. The maximum Gasteiger partial charge on any atom is 0.179 e. The molecule has 0 saturated heterocycles. The van der Waals surface area contributed by atoms with E-state index in [1.54, 1.807) is 6.07 Å². The molecule has 3 nitrogen and oxygen atoms in total. The van der Waals surface area contributed by atoms with E-state index in [9.17, 15) is 13.5 Å². The summed E-state index contributed by atoms with van der Waals surface area (Å²) in [6.07, 6.45) is 1.84. The summed E-state index contributed by atoms with van der Waals surface area (Å²) in [6.45, 7) is 1.93. The van der Waals surface area contributed by atoms with E-state index >= 15 is 0 Å². The molecule has 0 aliphatic carbocycles. The minimum atomic E-state index is -3.32. The van der Waals surface area contributed by atoms with E-state index in [1.807, 2.05) is 6.92 Å². The molecule has 1 aromatic carbocycles. The normalized spacial score (nSPS) is 11.5. The van der Waals surface area contributed by atoms with Gasteiger partial charge in [0.2, 0.25) is 0 Å². The minimum Gasteiger partial charge on any atom is -0.507 e. The molecule has 0 unspecified atom stereocenters. The zero-order valence-corrected chi connectivity index (χ0v) is 8.43. The van der Waals surface area contributed by atoms with Gasteiger partial charge < -0.3 is 5.11 Å². The average Bonchev–Trinajstić information content (AvgIpc) is 2.03. The van der Waals surface area contributed by atoms with Crippen LogP contribution in [0, 0.1) is 0 Å². The lowest BCUT2D eigenvalue weighted by molar-refractivity contribution is 0.458. The molecule has 0 aliphatic rings. The smallest absolute Gasteiger partial charge is 0.179 e. The lowest BCUT2D eigenvalue weighted by atomic mass is 10.2. The van der Waals surface area contributed by atoms with Gasteiger partial charge in [0.25, 0.3) is 0 Å². The van der Waals surface area contributed by atoms with Crippen molar-refractivity contribution in [1.29, 1.82) is 0 Å². The van der Waals surface area contributed by atoms with Crippen LogP contribution in [0.25, 0.3) is 0 Å². The van der Waals surface area contributed by atoms with E-state index in [2.05, 4.69) is 0 Å². The van der Waals surface area contributed by atoms with Crippen LogP contribution in [-0.2, 0) is 16.3 Å². The number of aromatic hydroxyl groups is 1. The second-order valence-electron chi connectivity index (χ2n) is 2.93. The number of hydrogen-bond acceptors (Lipinski definition) is 3. The molecule has 13 heavy (non-hydrogen) atoms. The van der Waals surface area contributed by atoms with Crippen LogP contribution in [0.3, 0.4) is 0 Å². The maximum atomic E-state index is 11.2. The van der Waals surface area contributed by atoms with Gasteiger partial charge in [0.05, 0.1) is 0 Å². The Morgan fingerprint density at radius 2 is 2.00 bits per heavy atom. The predicted octanol–water partition coefficient (Wildman–Crippen LogP) is 1.36. The van der Waals surface area contributed by atoms with Gasteiger partial charge in [-0.2, -0.15) is 0 Å². The Hall–Kier alpha value is -1.03. The van der Waals surface area contributed by atoms with Crippen molar-refractivity contribution in [2.75, 3.05) is 6.26 Å². The van der Waals surface area contributed by atoms with E-state index < -0.39 is 9.84 Å². The van der Waals surface area contributed by atoms with Crippen LogP contribution in [0.15, 0.2) is 23.1 Å². The van der Waals surface area contributed by atoms with Gasteiger partial charge in [0.15, 0.2) is 9.84 Å². The topological polar surface area (TPSA) is 54.4 Å². The van der Waals surface area contributed by atoms with Crippen molar-refractivity contribution < 1.29 is 13.5 Å². The molecule has 0 saturated carbocycles. The van der Waals surface area contributed by atoms with E-state index in [1.165, 1.54) is 12.1 Å². The van der Waals surface area contributed by atoms with Gasteiger partial charge in [-0.1, -0.05) is 13.0 Å². The van der Waals surface area contributed by atoms with Crippen LogP contribution in [-0.4, -0.2) is 19.8 Å². The molecule has 0 radical (unpaired) electrons. The minimum absolute atomic E-state index is 0.00634. The molecule has 0 amide bonds. The number of rotatable bonds is 2. The summed E-state index contributed by atoms with van der Waals surface area (Å²) in [5.74, 6) is -0.181. The third kappa shape index (κ3) is 2.21. The summed E-state index contributed by atoms with van der Waals surface area (Å²) in [7, 11) is -3.32. The van der Waals surface area contributed by atoms with E-state index in [4.69, 9.17) is 0 Å². The van der Waals surface area contributed by atoms with Gasteiger partial charge in [-0.3, -0.25) is 0 Å². The summed E-state index contributed by atoms with van der Waals surface area (Å²) >= 11 is 0. The number of benzene rings is 1. The van der Waals surface area contributed by atoms with Crippen molar-refractivity contribution in [3.05, 3.63) is 23.8 Å². The summed E-state index contributed by atoms with van der Waals surface area (Å²) < 4.78 is 22.3. The first kappa shape index (κ1) is 10.1. The van der Waals surface area contributed by atoms with Crippen LogP contribution in [0.1, 0.15) is 12.5 Å². The fraction of sp³-hybridized carbons (Fsp3) is 0.333. The van der Waals surface area contributed by atoms with Crippen LogP contribution >= 0.6 is 0 Å². The summed E-state index contributed by atoms with van der Waals surface area (Å²) in [5, 5.41) is 9.29. The molecular formula is C9H12O3S. The molecule has 72 valence electrons. The first-order valence-corrected chi connectivity index (χ1v) is 5.86. The molecule has 0 aromatic heterocycles. The van der Waals surface area contributed by atoms with Crippen LogP contribution in [0.4, 0.5) is 0 Å². The van der Waals surface area contributed by atoms with E-state index in [-0.39, 0.29) is 10.6 Å². The summed E-state index contributed by atoms with van der Waals surface area (Å²) in [6, 6.07) is 4.63. The quantitative estimate of drug-likeness (QED) is 0.784. The molecular weight excluding hydrogens is 188 g/mol. The predicted molar refractivity (Wildman–Crippen MR) is 50.6 cm³/mol. The highest BCUT2D eigenvalue weighted by molar-refractivity contribution is 7.90. The molecule has 1 aromatic rings. The molecule has 0 spiro atoms. The molecule has 0 bridgehead atoms. The fourth-order valence-corrected chi connectivity index (χ4v) is 1.89. The maximum absolute atomic E-state index is 11.2. The Morgan fingerprint density at radius 3 is 2.46 bits per heavy atom. The number of sulfone groups is 1. The van der Waals surface area contributed by atoms with Crippen molar-refractivity contribution in [3.8, 4) is 5.75 Å². The highest BCUT2D eigenvalue weighted by Gasteiger charge is 2.12. The lowest BCUT2D eigenvalue weighted by Crippen LogP contribution is -1.98. The standard InChI is InChI=1S/C9H12O3S/c1-3-7-4-5-8(10)9(6-7)13(2,11)12/h4-6,10H,3H2,1-2H3. The first-order chi connectivity index (χ1) is 5.95. The molecule has 0 heterocycles. The Balaban J connectivity index is 3.36. The van der Waals surface area contributed by atoms with E-state index in [0.717, 1.165) is 18.2 Å². The SMILES string of the molecule is CCc1ccc(O)c(S(C)(=O)=O)c1. The first-order valence-electron chi connectivity index (χ1n) is 3.97. The highest BCUT2D eigenvalue weighted by atomic mass is 32.2. The largest absolute Gasteiger partial charge is 0.507 e. The van der Waals surface area contributed by atoms with Crippen molar-refractivity contribution in [2.45, 2.75) is 18.2 Å². The molecule has 0 fully saturated rings. The Labute approximate surface area is 77.9 Å². The third-order valence-corrected chi connectivity index (χ3v) is 2.96. The van der Waals surface area contributed by atoms with Gasteiger partial charge in [0.1, 0.15) is 10.6 Å². The Morgan fingerprint density at radius 1 is 1.38 bits per heavy atom. The molecule has 4 heteroatoms. The zero-order valence-electron chi connectivity index (χ0n) is 7.61.